The molecule has 3 aromatic rings. The van der Waals surface area contributed by atoms with Crippen LogP contribution in [0.15, 0.2) is 65.8 Å². The summed E-state index contributed by atoms with van der Waals surface area (Å²) >= 11 is 1.59. The van der Waals surface area contributed by atoms with Gasteiger partial charge in [-0.1, -0.05) is 48.2 Å². The summed E-state index contributed by atoms with van der Waals surface area (Å²) in [6.45, 7) is 0.845. The van der Waals surface area contributed by atoms with Crippen LogP contribution in [-0.4, -0.2) is 33.1 Å². The minimum Gasteiger partial charge on any atom is -0.486 e. The fraction of sp³-hybridized carbons (Fsp3) is 0.167. The van der Waals surface area contributed by atoms with Crippen LogP contribution < -0.4 is 9.75 Å². The molecule has 2 aromatic carbocycles. The number of hydrogen-bond donors (Lipinski definition) is 0. The van der Waals surface area contributed by atoms with Crippen LogP contribution in [0, 0.1) is 0 Å². The lowest BCUT2D eigenvalue weighted by molar-refractivity contribution is 0.0953. The van der Waals surface area contributed by atoms with Crippen LogP contribution in [0.25, 0.3) is 0 Å². The van der Waals surface area contributed by atoms with Crippen LogP contribution in [0.4, 0.5) is 0 Å². The van der Waals surface area contributed by atoms with Crippen molar-refractivity contribution in [1.29, 1.82) is 0 Å². The third-order valence-electron chi connectivity index (χ3n) is 3.82. The van der Waals surface area contributed by atoms with Crippen molar-refractivity contribution in [2.45, 2.75) is 11.8 Å². The fourth-order valence-electron chi connectivity index (χ4n) is 2.63. The molecule has 6 nitrogen and oxygen atoms in total. The van der Waals surface area contributed by atoms with Gasteiger partial charge in [-0.15, -0.1) is 10.2 Å². The van der Waals surface area contributed by atoms with E-state index in [4.69, 9.17) is 4.74 Å². The number of nitrogens with zero attached hydrogens (tertiary/aromatic N) is 4. The molecule has 4 rings (SSSR count). The van der Waals surface area contributed by atoms with Gasteiger partial charge in [0.05, 0.1) is 6.54 Å². The molecule has 0 spiro atoms. The average Bonchev–Trinajstić information content (AvgIpc) is 3.10. The van der Waals surface area contributed by atoms with Crippen molar-refractivity contribution in [1.82, 2.24) is 14.9 Å². The van der Waals surface area contributed by atoms with Crippen molar-refractivity contribution >= 4 is 17.7 Å². The van der Waals surface area contributed by atoms with Gasteiger partial charge in [0.2, 0.25) is 5.16 Å². The molecule has 0 saturated carbocycles. The van der Waals surface area contributed by atoms with E-state index in [-0.39, 0.29) is 12.5 Å². The van der Waals surface area contributed by atoms with Gasteiger partial charge in [0, 0.05) is 11.3 Å². The second kappa shape index (κ2) is 6.98. The Morgan fingerprint density at radius 1 is 1.04 bits per heavy atom. The first kappa shape index (κ1) is 15.7. The fourth-order valence-corrected chi connectivity index (χ4v) is 3.50. The number of aromatic nitrogens is 3. The monoisotopic (exact) mass is 352 g/mol. The van der Waals surface area contributed by atoms with Gasteiger partial charge in [-0.2, -0.15) is 0 Å². The van der Waals surface area contributed by atoms with Crippen LogP contribution >= 0.6 is 11.8 Å². The molecule has 0 unspecified atom stereocenters. The van der Waals surface area contributed by atoms with Gasteiger partial charge < -0.3 is 4.74 Å². The van der Waals surface area contributed by atoms with Gasteiger partial charge in [0.1, 0.15) is 12.4 Å². The molecule has 7 heteroatoms. The van der Waals surface area contributed by atoms with Crippen LogP contribution in [0.1, 0.15) is 16.2 Å². The van der Waals surface area contributed by atoms with E-state index in [9.17, 15) is 4.79 Å². The lowest BCUT2D eigenvalue weighted by Gasteiger charge is -2.29. The molecule has 0 saturated heterocycles. The lowest BCUT2D eigenvalue weighted by atomic mass is 10.2. The number of carbonyl (C=O) groups excluding carboxylic acids is 1. The van der Waals surface area contributed by atoms with Crippen molar-refractivity contribution in [2.24, 2.45) is 0 Å². The molecule has 1 aliphatic rings. The molecule has 0 bridgehead atoms. The summed E-state index contributed by atoms with van der Waals surface area (Å²) in [5.74, 6) is 2.08. The molecule has 1 aromatic heterocycles. The van der Waals surface area contributed by atoms with E-state index >= 15 is 0 Å². The van der Waals surface area contributed by atoms with E-state index in [1.807, 2.05) is 60.7 Å². The number of amides is 1. The van der Waals surface area contributed by atoms with Crippen molar-refractivity contribution in [3.05, 3.63) is 72.1 Å². The molecular formula is C18H16N4O2S. The topological polar surface area (TPSA) is 60.3 Å². The van der Waals surface area contributed by atoms with Crippen LogP contribution in [0.5, 0.6) is 5.75 Å². The Balaban J connectivity index is 1.60. The highest BCUT2D eigenvalue weighted by Gasteiger charge is 2.28. The maximum Gasteiger partial charge on any atom is 0.272 e. The third-order valence-corrected chi connectivity index (χ3v) is 4.72. The standard InChI is InChI=1S/C18H16N4O2S/c23-17(14-7-3-1-4-8-14)21-11-12-25-18-20-19-16(22(18)21)13-24-15-9-5-2-6-10-15/h1-10H,11-13H2. The van der Waals surface area contributed by atoms with Crippen LogP contribution in [0.2, 0.25) is 0 Å². The minimum atomic E-state index is -0.0667. The van der Waals surface area contributed by atoms with Gasteiger partial charge in [-0.05, 0) is 24.3 Å². The maximum atomic E-state index is 12.9. The second-order valence-electron chi connectivity index (χ2n) is 5.46. The van der Waals surface area contributed by atoms with E-state index in [1.165, 1.54) is 0 Å². The zero-order valence-electron chi connectivity index (χ0n) is 13.4. The molecule has 126 valence electrons. The van der Waals surface area contributed by atoms with Gasteiger partial charge in [-0.3, -0.25) is 4.79 Å². The SMILES string of the molecule is O=C(c1ccccc1)N1CCSc2nnc(COc3ccccc3)n21. The molecule has 1 aliphatic heterocycles. The minimum absolute atomic E-state index is 0.0667. The summed E-state index contributed by atoms with van der Waals surface area (Å²) < 4.78 is 7.55. The largest absolute Gasteiger partial charge is 0.486 e. The zero-order valence-corrected chi connectivity index (χ0v) is 14.2. The summed E-state index contributed by atoms with van der Waals surface area (Å²) in [5.41, 5.74) is 0.643. The highest BCUT2D eigenvalue weighted by molar-refractivity contribution is 7.99. The number of para-hydroxylation sites is 1. The first-order valence-electron chi connectivity index (χ1n) is 7.95. The Hall–Kier alpha value is -2.80. The highest BCUT2D eigenvalue weighted by atomic mass is 32.2. The van der Waals surface area contributed by atoms with Gasteiger partial charge in [0.15, 0.2) is 5.82 Å². The summed E-state index contributed by atoms with van der Waals surface area (Å²) in [6.07, 6.45) is 0. The Labute approximate surface area is 149 Å². The molecule has 0 atom stereocenters. The molecule has 0 N–H and O–H groups in total. The third kappa shape index (κ3) is 3.23. The molecule has 2 heterocycles. The first-order chi connectivity index (χ1) is 12.3. The van der Waals surface area contributed by atoms with E-state index in [2.05, 4.69) is 10.2 Å². The van der Waals surface area contributed by atoms with Crippen LogP contribution in [-0.2, 0) is 6.61 Å². The maximum absolute atomic E-state index is 12.9. The van der Waals surface area contributed by atoms with Crippen molar-refractivity contribution in [2.75, 3.05) is 17.3 Å². The van der Waals surface area contributed by atoms with Crippen LogP contribution in [0.3, 0.4) is 0 Å². The number of rotatable bonds is 4. The van der Waals surface area contributed by atoms with Gasteiger partial charge >= 0.3 is 0 Å². The van der Waals surface area contributed by atoms with E-state index in [0.717, 1.165) is 11.5 Å². The zero-order chi connectivity index (χ0) is 17.1. The van der Waals surface area contributed by atoms with E-state index in [1.54, 1.807) is 21.4 Å². The van der Waals surface area contributed by atoms with Crippen molar-refractivity contribution in [3.63, 3.8) is 0 Å². The van der Waals surface area contributed by atoms with Gasteiger partial charge in [0.25, 0.3) is 5.91 Å². The molecule has 0 fully saturated rings. The molecular weight excluding hydrogens is 336 g/mol. The number of carbonyl (C=O) groups is 1. The summed E-state index contributed by atoms with van der Waals surface area (Å²) in [5, 5.41) is 10.8. The number of ether oxygens (including phenoxy) is 1. The second-order valence-corrected chi connectivity index (χ2v) is 6.52. The van der Waals surface area contributed by atoms with E-state index in [0.29, 0.717) is 23.1 Å². The number of hydrogen-bond acceptors (Lipinski definition) is 5. The predicted octanol–water partition coefficient (Wildman–Crippen LogP) is 2.74. The smallest absolute Gasteiger partial charge is 0.272 e. The van der Waals surface area contributed by atoms with Gasteiger partial charge in [-0.25, -0.2) is 9.69 Å². The van der Waals surface area contributed by atoms with Crippen molar-refractivity contribution in [3.8, 4) is 5.75 Å². The molecule has 0 radical (unpaired) electrons. The van der Waals surface area contributed by atoms with Crippen molar-refractivity contribution < 1.29 is 9.53 Å². The Morgan fingerprint density at radius 2 is 1.76 bits per heavy atom. The average molecular weight is 352 g/mol. The molecule has 1 amide bonds. The first-order valence-corrected chi connectivity index (χ1v) is 8.93. The normalized spacial score (nSPS) is 13.4. The predicted molar refractivity (Wildman–Crippen MR) is 95.4 cm³/mol. The Kier molecular flexibility index (Phi) is 4.39. The summed E-state index contributed by atoms with van der Waals surface area (Å²) in [4.78, 5) is 12.9. The highest BCUT2D eigenvalue weighted by Crippen LogP contribution is 2.24. The summed E-state index contributed by atoms with van der Waals surface area (Å²) in [6, 6.07) is 18.8. The molecule has 25 heavy (non-hydrogen) atoms. The molecule has 0 aliphatic carbocycles. The number of thioether (sulfide) groups is 1. The number of benzene rings is 2. The Morgan fingerprint density at radius 3 is 2.52 bits per heavy atom. The number of fused-ring (bicyclic) bond motifs is 1. The van der Waals surface area contributed by atoms with E-state index < -0.39 is 0 Å². The Bertz CT molecular complexity index is 867. The lowest BCUT2D eigenvalue weighted by Crippen LogP contribution is -2.45. The summed E-state index contributed by atoms with van der Waals surface area (Å²) in [7, 11) is 0. The quantitative estimate of drug-likeness (QED) is 0.723.